The van der Waals surface area contributed by atoms with Crippen molar-refractivity contribution in [2.24, 2.45) is 0 Å². The Bertz CT molecular complexity index is 617. The van der Waals surface area contributed by atoms with Crippen molar-refractivity contribution in [1.82, 2.24) is 0 Å². The van der Waals surface area contributed by atoms with Gasteiger partial charge < -0.3 is 5.11 Å². The van der Waals surface area contributed by atoms with Crippen LogP contribution in [0.1, 0.15) is 43.6 Å². The SMILES string of the molecule is CC(C)(C)c1ccccc1C(O)c1ccc(F)c(Br)c1. The first kappa shape index (κ1) is 15.2. The Morgan fingerprint density at radius 3 is 2.35 bits per heavy atom. The Morgan fingerprint density at radius 1 is 1.10 bits per heavy atom. The summed E-state index contributed by atoms with van der Waals surface area (Å²) < 4.78 is 13.7. The van der Waals surface area contributed by atoms with Crippen LogP contribution in [0.2, 0.25) is 0 Å². The second-order valence-corrected chi connectivity index (χ2v) is 6.77. The van der Waals surface area contributed by atoms with E-state index in [9.17, 15) is 9.50 Å². The molecular formula is C17H18BrFO. The fourth-order valence-corrected chi connectivity index (χ4v) is 2.68. The minimum absolute atomic E-state index is 0.0607. The van der Waals surface area contributed by atoms with E-state index in [4.69, 9.17) is 0 Å². The monoisotopic (exact) mass is 336 g/mol. The van der Waals surface area contributed by atoms with Crippen LogP contribution in [-0.4, -0.2) is 5.11 Å². The molecule has 0 aliphatic rings. The van der Waals surface area contributed by atoms with Crippen molar-refractivity contribution < 1.29 is 9.50 Å². The van der Waals surface area contributed by atoms with E-state index < -0.39 is 6.10 Å². The van der Waals surface area contributed by atoms with Crippen LogP contribution >= 0.6 is 15.9 Å². The molecule has 1 nitrogen and oxygen atoms in total. The van der Waals surface area contributed by atoms with Gasteiger partial charge in [-0.1, -0.05) is 51.1 Å². The first-order chi connectivity index (χ1) is 9.30. The first-order valence-electron chi connectivity index (χ1n) is 6.53. The van der Waals surface area contributed by atoms with Gasteiger partial charge in [0.25, 0.3) is 0 Å². The molecule has 0 bridgehead atoms. The second-order valence-electron chi connectivity index (χ2n) is 5.91. The lowest BCUT2D eigenvalue weighted by Gasteiger charge is -2.25. The summed E-state index contributed by atoms with van der Waals surface area (Å²) in [6.07, 6.45) is -0.762. The maximum Gasteiger partial charge on any atom is 0.137 e. The number of hydrogen-bond donors (Lipinski definition) is 1. The van der Waals surface area contributed by atoms with Crippen molar-refractivity contribution in [3.63, 3.8) is 0 Å². The Morgan fingerprint density at radius 2 is 1.75 bits per heavy atom. The molecule has 0 aliphatic carbocycles. The predicted molar refractivity (Wildman–Crippen MR) is 83.3 cm³/mol. The van der Waals surface area contributed by atoms with Crippen LogP contribution in [0.15, 0.2) is 46.9 Å². The van der Waals surface area contributed by atoms with Crippen LogP contribution in [0.4, 0.5) is 4.39 Å². The molecule has 2 rings (SSSR count). The van der Waals surface area contributed by atoms with E-state index in [0.29, 0.717) is 10.0 Å². The van der Waals surface area contributed by atoms with Crippen LogP contribution < -0.4 is 0 Å². The van der Waals surface area contributed by atoms with Crippen molar-refractivity contribution in [2.75, 3.05) is 0 Å². The number of rotatable bonds is 2. The van der Waals surface area contributed by atoms with Crippen molar-refractivity contribution in [3.05, 3.63) is 69.4 Å². The van der Waals surface area contributed by atoms with Crippen molar-refractivity contribution in [3.8, 4) is 0 Å². The molecule has 2 aromatic rings. The van der Waals surface area contributed by atoms with Gasteiger partial charge in [0, 0.05) is 0 Å². The smallest absolute Gasteiger partial charge is 0.137 e. The highest BCUT2D eigenvalue weighted by atomic mass is 79.9. The summed E-state index contributed by atoms with van der Waals surface area (Å²) in [4.78, 5) is 0. The molecule has 0 saturated carbocycles. The third kappa shape index (κ3) is 3.10. The molecule has 1 atom stereocenters. The maximum absolute atomic E-state index is 13.3. The molecule has 2 aromatic carbocycles. The predicted octanol–water partition coefficient (Wildman–Crippen LogP) is 4.97. The largest absolute Gasteiger partial charge is 0.384 e. The molecule has 0 heterocycles. The molecule has 0 amide bonds. The van der Waals surface area contributed by atoms with Gasteiger partial charge in [-0.15, -0.1) is 0 Å². The van der Waals surface area contributed by atoms with Gasteiger partial charge in [-0.25, -0.2) is 4.39 Å². The maximum atomic E-state index is 13.3. The van der Waals surface area contributed by atoms with E-state index in [-0.39, 0.29) is 11.2 Å². The van der Waals surface area contributed by atoms with Gasteiger partial charge >= 0.3 is 0 Å². The third-order valence-corrected chi connectivity index (χ3v) is 3.93. The summed E-state index contributed by atoms with van der Waals surface area (Å²) in [7, 11) is 0. The number of benzene rings is 2. The van der Waals surface area contributed by atoms with E-state index >= 15 is 0 Å². The molecule has 0 fully saturated rings. The van der Waals surface area contributed by atoms with Crippen LogP contribution in [0.5, 0.6) is 0 Å². The van der Waals surface area contributed by atoms with Gasteiger partial charge in [0.15, 0.2) is 0 Å². The van der Waals surface area contributed by atoms with E-state index in [2.05, 4.69) is 36.7 Å². The van der Waals surface area contributed by atoms with E-state index in [1.54, 1.807) is 12.1 Å². The Labute approximate surface area is 127 Å². The lowest BCUT2D eigenvalue weighted by molar-refractivity contribution is 0.217. The van der Waals surface area contributed by atoms with Gasteiger partial charge in [0.05, 0.1) is 4.47 Å². The molecule has 106 valence electrons. The Balaban J connectivity index is 2.48. The number of aliphatic hydroxyl groups is 1. The lowest BCUT2D eigenvalue weighted by atomic mass is 9.81. The summed E-state index contributed by atoms with van der Waals surface area (Å²) in [6, 6.07) is 12.4. The molecule has 20 heavy (non-hydrogen) atoms. The summed E-state index contributed by atoms with van der Waals surface area (Å²) in [5, 5.41) is 10.6. The van der Waals surface area contributed by atoms with Crippen LogP contribution in [-0.2, 0) is 5.41 Å². The van der Waals surface area contributed by atoms with Gasteiger partial charge in [-0.2, -0.15) is 0 Å². The van der Waals surface area contributed by atoms with Crippen molar-refractivity contribution in [2.45, 2.75) is 32.3 Å². The minimum atomic E-state index is -0.762. The molecule has 0 radical (unpaired) electrons. The first-order valence-corrected chi connectivity index (χ1v) is 7.32. The molecule has 0 aliphatic heterocycles. The topological polar surface area (TPSA) is 20.2 Å². The van der Waals surface area contributed by atoms with Crippen molar-refractivity contribution >= 4 is 15.9 Å². The van der Waals surface area contributed by atoms with Crippen LogP contribution in [0.25, 0.3) is 0 Å². The summed E-state index contributed by atoms with van der Waals surface area (Å²) in [6.45, 7) is 6.33. The minimum Gasteiger partial charge on any atom is -0.384 e. The number of halogens is 2. The van der Waals surface area contributed by atoms with Gasteiger partial charge in [0.2, 0.25) is 0 Å². The fourth-order valence-electron chi connectivity index (χ4n) is 2.28. The van der Waals surface area contributed by atoms with Gasteiger partial charge in [-0.3, -0.25) is 0 Å². The molecular weight excluding hydrogens is 319 g/mol. The number of aliphatic hydroxyl groups excluding tert-OH is 1. The highest BCUT2D eigenvalue weighted by Crippen LogP contribution is 2.33. The molecule has 1 N–H and O–H groups in total. The standard InChI is InChI=1S/C17H18BrFO/c1-17(2,3)13-7-5-4-6-12(13)16(20)11-8-9-15(19)14(18)10-11/h4-10,16,20H,1-3H3. The highest BCUT2D eigenvalue weighted by Gasteiger charge is 2.22. The zero-order chi connectivity index (χ0) is 14.9. The van der Waals surface area contributed by atoms with Crippen LogP contribution in [0, 0.1) is 5.82 Å². The van der Waals surface area contributed by atoms with Crippen LogP contribution in [0.3, 0.4) is 0 Å². The van der Waals surface area contributed by atoms with Crippen molar-refractivity contribution in [1.29, 1.82) is 0 Å². The van der Waals surface area contributed by atoms with Gasteiger partial charge in [-0.05, 0) is 50.2 Å². The zero-order valence-electron chi connectivity index (χ0n) is 11.8. The number of hydrogen-bond acceptors (Lipinski definition) is 1. The molecule has 1 unspecified atom stereocenters. The highest BCUT2D eigenvalue weighted by molar-refractivity contribution is 9.10. The Kier molecular flexibility index (Phi) is 4.31. The second kappa shape index (κ2) is 5.66. The van der Waals surface area contributed by atoms with E-state index in [0.717, 1.165) is 11.1 Å². The third-order valence-electron chi connectivity index (χ3n) is 3.32. The normalized spacial score (nSPS) is 13.3. The average Bonchev–Trinajstić information content (AvgIpc) is 2.40. The summed E-state index contributed by atoms with van der Waals surface area (Å²) in [5.74, 6) is -0.329. The summed E-state index contributed by atoms with van der Waals surface area (Å²) in [5.41, 5.74) is 2.57. The molecule has 0 spiro atoms. The van der Waals surface area contributed by atoms with E-state index in [1.807, 2.05) is 24.3 Å². The quantitative estimate of drug-likeness (QED) is 0.821. The van der Waals surface area contributed by atoms with E-state index in [1.165, 1.54) is 6.07 Å². The zero-order valence-corrected chi connectivity index (χ0v) is 13.4. The van der Waals surface area contributed by atoms with Gasteiger partial charge in [0.1, 0.15) is 11.9 Å². The summed E-state index contributed by atoms with van der Waals surface area (Å²) >= 11 is 3.16. The lowest BCUT2D eigenvalue weighted by Crippen LogP contribution is -2.16. The molecule has 0 saturated heterocycles. The Hall–Kier alpha value is -1.19. The molecule has 0 aromatic heterocycles. The fraction of sp³-hybridized carbons (Fsp3) is 0.294. The molecule has 3 heteroatoms. The average molecular weight is 337 g/mol.